The van der Waals surface area contributed by atoms with Gasteiger partial charge in [-0.2, -0.15) is 0 Å². The van der Waals surface area contributed by atoms with Crippen molar-refractivity contribution in [3.8, 4) is 0 Å². The Morgan fingerprint density at radius 1 is 1.47 bits per heavy atom. The molecule has 1 aromatic carbocycles. The molecule has 0 spiro atoms. The molecular formula is C16H23NO2. The highest BCUT2D eigenvalue weighted by molar-refractivity contribution is 5.77. The zero-order valence-electron chi connectivity index (χ0n) is 11.9. The average Bonchev–Trinajstić information content (AvgIpc) is 2.45. The lowest BCUT2D eigenvalue weighted by atomic mass is 10.0. The summed E-state index contributed by atoms with van der Waals surface area (Å²) < 4.78 is 5.87. The van der Waals surface area contributed by atoms with Gasteiger partial charge in [0.15, 0.2) is 0 Å². The third-order valence-electron chi connectivity index (χ3n) is 3.63. The van der Waals surface area contributed by atoms with Crippen LogP contribution in [0.3, 0.4) is 0 Å². The summed E-state index contributed by atoms with van der Waals surface area (Å²) in [5, 5.41) is 0. The quantitative estimate of drug-likeness (QED) is 0.762. The van der Waals surface area contributed by atoms with Crippen LogP contribution in [0.1, 0.15) is 42.1 Å². The molecule has 1 unspecified atom stereocenters. The summed E-state index contributed by atoms with van der Waals surface area (Å²) >= 11 is 0. The maximum Gasteiger partial charge on any atom is 0.150 e. The van der Waals surface area contributed by atoms with Crippen LogP contribution in [0, 0.1) is 6.92 Å². The highest BCUT2D eigenvalue weighted by atomic mass is 16.5. The van der Waals surface area contributed by atoms with Crippen LogP contribution in [-0.2, 0) is 4.74 Å². The number of carbonyl (C=O) groups is 1. The van der Waals surface area contributed by atoms with Crippen LogP contribution in [0.4, 0.5) is 5.69 Å². The number of carbonyl (C=O) groups excluding carboxylic acids is 1. The van der Waals surface area contributed by atoms with Crippen LogP contribution in [-0.4, -0.2) is 32.1 Å². The molecular weight excluding hydrogens is 238 g/mol. The molecule has 1 saturated heterocycles. The predicted molar refractivity (Wildman–Crippen MR) is 78.0 cm³/mol. The number of hydrogen-bond donors (Lipinski definition) is 0. The number of aldehydes is 1. The third-order valence-corrected chi connectivity index (χ3v) is 3.63. The van der Waals surface area contributed by atoms with E-state index in [4.69, 9.17) is 4.74 Å². The van der Waals surface area contributed by atoms with Crippen LogP contribution < -0.4 is 4.90 Å². The molecule has 0 N–H and O–H groups in total. The molecule has 19 heavy (non-hydrogen) atoms. The van der Waals surface area contributed by atoms with Gasteiger partial charge in [-0.1, -0.05) is 6.92 Å². The summed E-state index contributed by atoms with van der Waals surface area (Å²) in [6, 6.07) is 5.91. The molecule has 1 atom stereocenters. The number of aryl methyl sites for hydroxylation is 1. The zero-order valence-corrected chi connectivity index (χ0v) is 11.9. The van der Waals surface area contributed by atoms with Crippen molar-refractivity contribution in [3.05, 3.63) is 29.3 Å². The van der Waals surface area contributed by atoms with Crippen molar-refractivity contribution in [1.82, 2.24) is 0 Å². The summed E-state index contributed by atoms with van der Waals surface area (Å²) in [7, 11) is 0. The van der Waals surface area contributed by atoms with Gasteiger partial charge in [-0.25, -0.2) is 0 Å². The molecule has 0 bridgehead atoms. The van der Waals surface area contributed by atoms with E-state index in [1.54, 1.807) is 0 Å². The van der Waals surface area contributed by atoms with Crippen molar-refractivity contribution in [2.45, 2.75) is 39.2 Å². The maximum atomic E-state index is 10.8. The van der Waals surface area contributed by atoms with Gasteiger partial charge < -0.3 is 9.64 Å². The van der Waals surface area contributed by atoms with Gasteiger partial charge in [0, 0.05) is 30.9 Å². The lowest BCUT2D eigenvalue weighted by Gasteiger charge is -2.35. The van der Waals surface area contributed by atoms with Gasteiger partial charge in [0.2, 0.25) is 0 Å². The molecule has 1 aliphatic heterocycles. The summed E-state index contributed by atoms with van der Waals surface area (Å²) in [5.74, 6) is 0. The second-order valence-corrected chi connectivity index (χ2v) is 5.24. The summed E-state index contributed by atoms with van der Waals surface area (Å²) in [6.07, 6.45) is 4.65. The van der Waals surface area contributed by atoms with Crippen molar-refractivity contribution >= 4 is 12.0 Å². The first-order valence-corrected chi connectivity index (χ1v) is 7.17. The fourth-order valence-corrected chi connectivity index (χ4v) is 2.68. The zero-order chi connectivity index (χ0) is 13.7. The highest BCUT2D eigenvalue weighted by Crippen LogP contribution is 2.25. The molecule has 0 saturated carbocycles. The molecule has 1 aliphatic rings. The standard InChI is InChI=1S/C16H23NO2/c1-3-9-19-15-5-4-8-17(11-15)16-7-6-14(12-18)10-13(16)2/h6-7,10,12,15H,3-5,8-9,11H2,1-2H3. The Hall–Kier alpha value is -1.35. The maximum absolute atomic E-state index is 10.8. The largest absolute Gasteiger partial charge is 0.376 e. The SMILES string of the molecule is CCCOC1CCCN(c2ccc(C=O)cc2C)C1. The highest BCUT2D eigenvalue weighted by Gasteiger charge is 2.21. The Kier molecular flexibility index (Phi) is 4.97. The molecule has 0 aliphatic carbocycles. The first-order valence-electron chi connectivity index (χ1n) is 7.17. The van der Waals surface area contributed by atoms with E-state index < -0.39 is 0 Å². The second kappa shape index (κ2) is 6.71. The molecule has 0 radical (unpaired) electrons. The molecule has 0 amide bonds. The van der Waals surface area contributed by atoms with Gasteiger partial charge in [0.25, 0.3) is 0 Å². The average molecular weight is 261 g/mol. The van der Waals surface area contributed by atoms with Gasteiger partial charge in [0.05, 0.1) is 6.10 Å². The van der Waals surface area contributed by atoms with E-state index in [0.717, 1.165) is 44.4 Å². The van der Waals surface area contributed by atoms with E-state index in [-0.39, 0.29) is 0 Å². The lowest BCUT2D eigenvalue weighted by Crippen LogP contribution is -2.40. The van der Waals surface area contributed by atoms with Crippen molar-refractivity contribution < 1.29 is 9.53 Å². The van der Waals surface area contributed by atoms with Gasteiger partial charge in [0.1, 0.15) is 6.29 Å². The van der Waals surface area contributed by atoms with Crippen LogP contribution in [0.2, 0.25) is 0 Å². The number of hydrogen-bond acceptors (Lipinski definition) is 3. The lowest BCUT2D eigenvalue weighted by molar-refractivity contribution is 0.0440. The Morgan fingerprint density at radius 2 is 2.32 bits per heavy atom. The number of anilines is 1. The Labute approximate surface area is 115 Å². The Morgan fingerprint density at radius 3 is 3.00 bits per heavy atom. The molecule has 3 nitrogen and oxygen atoms in total. The first-order chi connectivity index (χ1) is 9.24. The number of benzene rings is 1. The fraction of sp³-hybridized carbons (Fsp3) is 0.562. The topological polar surface area (TPSA) is 29.5 Å². The molecule has 0 aromatic heterocycles. The second-order valence-electron chi connectivity index (χ2n) is 5.24. The number of nitrogens with zero attached hydrogens (tertiary/aromatic N) is 1. The van der Waals surface area contributed by atoms with E-state index in [0.29, 0.717) is 6.10 Å². The molecule has 2 rings (SSSR count). The van der Waals surface area contributed by atoms with Gasteiger partial charge >= 0.3 is 0 Å². The fourth-order valence-electron chi connectivity index (χ4n) is 2.68. The summed E-state index contributed by atoms with van der Waals surface area (Å²) in [6.45, 7) is 7.10. The van der Waals surface area contributed by atoms with Crippen LogP contribution in [0.15, 0.2) is 18.2 Å². The van der Waals surface area contributed by atoms with Crippen LogP contribution in [0.5, 0.6) is 0 Å². The predicted octanol–water partition coefficient (Wildman–Crippen LogP) is 3.20. The minimum Gasteiger partial charge on any atom is -0.376 e. The Bertz CT molecular complexity index is 431. The van der Waals surface area contributed by atoms with E-state index in [1.165, 1.54) is 17.7 Å². The van der Waals surface area contributed by atoms with Gasteiger partial charge in [-0.3, -0.25) is 4.79 Å². The van der Waals surface area contributed by atoms with Crippen molar-refractivity contribution in [1.29, 1.82) is 0 Å². The summed E-state index contributed by atoms with van der Waals surface area (Å²) in [5.41, 5.74) is 3.15. The number of ether oxygens (including phenoxy) is 1. The minimum absolute atomic E-state index is 0.346. The first kappa shape index (κ1) is 14.1. The molecule has 1 heterocycles. The van der Waals surface area contributed by atoms with E-state index in [9.17, 15) is 4.79 Å². The minimum atomic E-state index is 0.346. The molecule has 1 fully saturated rings. The summed E-state index contributed by atoms with van der Waals surface area (Å²) in [4.78, 5) is 13.2. The number of rotatable bonds is 5. The molecule has 1 aromatic rings. The van der Waals surface area contributed by atoms with Gasteiger partial charge in [-0.15, -0.1) is 0 Å². The monoisotopic (exact) mass is 261 g/mol. The van der Waals surface area contributed by atoms with Crippen molar-refractivity contribution in [2.75, 3.05) is 24.6 Å². The molecule has 3 heteroatoms. The smallest absolute Gasteiger partial charge is 0.150 e. The normalized spacial score (nSPS) is 19.5. The van der Waals surface area contributed by atoms with Crippen LogP contribution in [0.25, 0.3) is 0 Å². The third kappa shape index (κ3) is 3.57. The number of piperidine rings is 1. The van der Waals surface area contributed by atoms with E-state index in [1.807, 2.05) is 12.1 Å². The van der Waals surface area contributed by atoms with E-state index in [2.05, 4.69) is 24.8 Å². The van der Waals surface area contributed by atoms with Gasteiger partial charge in [-0.05, 0) is 49.9 Å². The van der Waals surface area contributed by atoms with Crippen molar-refractivity contribution in [3.63, 3.8) is 0 Å². The van der Waals surface area contributed by atoms with E-state index >= 15 is 0 Å². The molecule has 104 valence electrons. The Balaban J connectivity index is 2.06. The van der Waals surface area contributed by atoms with Crippen molar-refractivity contribution in [2.24, 2.45) is 0 Å². The van der Waals surface area contributed by atoms with Crippen LogP contribution >= 0.6 is 0 Å².